The summed E-state index contributed by atoms with van der Waals surface area (Å²) < 4.78 is 27.3. The number of guanidine groups is 1. The van der Waals surface area contributed by atoms with E-state index in [1.54, 1.807) is 36.4 Å². The van der Waals surface area contributed by atoms with Crippen molar-refractivity contribution in [2.45, 2.75) is 37.5 Å². The molecule has 0 bridgehead atoms. The van der Waals surface area contributed by atoms with Gasteiger partial charge >= 0.3 is 0 Å². The predicted molar refractivity (Wildman–Crippen MR) is 121 cm³/mol. The molecule has 5 N–H and O–H groups in total. The Bertz CT molecular complexity index is 958. The Morgan fingerprint density at radius 1 is 1.28 bits per heavy atom. The summed E-state index contributed by atoms with van der Waals surface area (Å²) in [7, 11) is -3.75. The second-order valence-corrected chi connectivity index (χ2v) is 9.34. The average molecular weight is 464 g/mol. The molecule has 0 aliphatic carbocycles. The van der Waals surface area contributed by atoms with Crippen LogP contribution < -0.4 is 16.2 Å². The number of nitrogens with zero attached hydrogens (tertiary/aromatic N) is 2. The maximum atomic E-state index is 12.7. The van der Waals surface area contributed by atoms with Crippen LogP contribution in [0.2, 0.25) is 0 Å². The highest BCUT2D eigenvalue weighted by Crippen LogP contribution is 2.15. The molecule has 0 radical (unpaired) electrons. The van der Waals surface area contributed by atoms with Crippen molar-refractivity contribution >= 4 is 34.0 Å². The van der Waals surface area contributed by atoms with Crippen LogP contribution in [-0.4, -0.2) is 56.4 Å². The van der Waals surface area contributed by atoms with E-state index in [1.807, 2.05) is 0 Å². The topological polar surface area (TPSA) is 165 Å². The lowest BCUT2D eigenvalue weighted by Gasteiger charge is -2.27. The molecule has 1 aromatic carbocycles. The van der Waals surface area contributed by atoms with Gasteiger partial charge in [-0.1, -0.05) is 36.4 Å². The number of aldehydes is 1. The second kappa shape index (κ2) is 12.1. The second-order valence-electron chi connectivity index (χ2n) is 7.59. The standard InChI is InChI=1S/C21H29N5O5S/c22-21(23)24-10-4-8-17(14-27)12-18(28)13-26-11-5-9-19(20(26)29)25-32(30,31)15-16-6-2-1-3-7-16/h1-3,5-7,11,14,17,19,25H,4,8-10,12-13,15H2,(H4,22,23,24). The summed E-state index contributed by atoms with van der Waals surface area (Å²) in [5.74, 6) is -1.59. The Labute approximate surface area is 187 Å². The van der Waals surface area contributed by atoms with Gasteiger partial charge in [-0.2, -0.15) is 0 Å². The minimum absolute atomic E-state index is 0.0205. The van der Waals surface area contributed by atoms with E-state index >= 15 is 0 Å². The van der Waals surface area contributed by atoms with Crippen LogP contribution in [0.5, 0.6) is 0 Å². The van der Waals surface area contributed by atoms with Gasteiger partial charge in [0.05, 0.1) is 12.3 Å². The molecule has 1 amide bonds. The molecule has 11 heteroatoms. The van der Waals surface area contributed by atoms with Crippen LogP contribution in [0.3, 0.4) is 0 Å². The van der Waals surface area contributed by atoms with E-state index in [0.717, 1.165) is 0 Å². The van der Waals surface area contributed by atoms with Crippen LogP contribution >= 0.6 is 0 Å². The van der Waals surface area contributed by atoms with Crippen LogP contribution in [0.1, 0.15) is 31.2 Å². The lowest BCUT2D eigenvalue weighted by atomic mass is 9.98. The fourth-order valence-electron chi connectivity index (χ4n) is 3.31. The third kappa shape index (κ3) is 8.60. The third-order valence-electron chi connectivity index (χ3n) is 4.82. The molecule has 1 aromatic rings. The molecule has 1 heterocycles. The Balaban J connectivity index is 1.88. The largest absolute Gasteiger partial charge is 0.370 e. The van der Waals surface area contributed by atoms with E-state index in [4.69, 9.17) is 11.5 Å². The first-order chi connectivity index (χ1) is 15.2. The number of carbonyl (C=O) groups excluding carboxylic acids is 3. The van der Waals surface area contributed by atoms with Crippen LogP contribution in [0, 0.1) is 5.92 Å². The summed E-state index contributed by atoms with van der Waals surface area (Å²) in [4.78, 5) is 41.4. The smallest absolute Gasteiger partial charge is 0.245 e. The molecule has 0 saturated heterocycles. The number of amides is 1. The Morgan fingerprint density at radius 2 is 2.00 bits per heavy atom. The monoisotopic (exact) mass is 463 g/mol. The van der Waals surface area contributed by atoms with Crippen LogP contribution in [0.15, 0.2) is 47.6 Å². The Morgan fingerprint density at radius 3 is 2.66 bits per heavy atom. The first kappa shape index (κ1) is 25.2. The number of benzene rings is 1. The molecule has 0 aromatic heterocycles. The van der Waals surface area contributed by atoms with Gasteiger partial charge in [-0.15, -0.1) is 0 Å². The first-order valence-corrected chi connectivity index (χ1v) is 11.9. The van der Waals surface area contributed by atoms with Gasteiger partial charge in [-0.05, 0) is 24.8 Å². The minimum atomic E-state index is -3.75. The molecular formula is C21H29N5O5S. The normalized spacial score (nSPS) is 17.1. The van der Waals surface area contributed by atoms with Gasteiger partial charge in [-0.3, -0.25) is 14.6 Å². The number of ketones is 1. The van der Waals surface area contributed by atoms with E-state index in [-0.39, 0.29) is 36.9 Å². The molecule has 32 heavy (non-hydrogen) atoms. The van der Waals surface area contributed by atoms with E-state index in [0.29, 0.717) is 31.2 Å². The zero-order chi connectivity index (χ0) is 23.6. The summed E-state index contributed by atoms with van der Waals surface area (Å²) in [6.45, 7) is 0.128. The minimum Gasteiger partial charge on any atom is -0.370 e. The fourth-order valence-corrected chi connectivity index (χ4v) is 4.65. The maximum absolute atomic E-state index is 12.7. The van der Waals surface area contributed by atoms with Crippen molar-refractivity contribution in [2.75, 3.05) is 13.1 Å². The lowest BCUT2D eigenvalue weighted by Crippen LogP contribution is -2.49. The number of carbonyl (C=O) groups is 3. The lowest BCUT2D eigenvalue weighted by molar-refractivity contribution is -0.135. The molecule has 174 valence electrons. The van der Waals surface area contributed by atoms with Crippen LogP contribution in [0.4, 0.5) is 0 Å². The predicted octanol–water partition coefficient (Wildman–Crippen LogP) is 0.0485. The summed E-state index contributed by atoms with van der Waals surface area (Å²) in [6, 6.07) is 7.65. The van der Waals surface area contributed by atoms with Crippen molar-refractivity contribution in [3.63, 3.8) is 0 Å². The zero-order valence-electron chi connectivity index (χ0n) is 17.7. The Hall–Kier alpha value is -3.05. The molecule has 0 spiro atoms. The van der Waals surface area contributed by atoms with Crippen molar-refractivity contribution in [3.05, 3.63) is 48.2 Å². The third-order valence-corrected chi connectivity index (χ3v) is 6.17. The first-order valence-electron chi connectivity index (χ1n) is 10.2. The van der Waals surface area contributed by atoms with Gasteiger partial charge in [-0.25, -0.2) is 13.1 Å². The quantitative estimate of drug-likeness (QED) is 0.161. The number of Topliss-reactive ketones (excluding diaryl/α,β-unsaturated/α-hetero) is 1. The number of hydrogen-bond acceptors (Lipinski definition) is 6. The van der Waals surface area contributed by atoms with Crippen LogP contribution in [-0.2, 0) is 30.2 Å². The van der Waals surface area contributed by atoms with E-state index in [1.165, 1.54) is 11.1 Å². The number of aliphatic imine (C=N–C) groups is 1. The average Bonchev–Trinajstić information content (AvgIpc) is 2.73. The molecule has 10 nitrogen and oxygen atoms in total. The molecule has 2 rings (SSSR count). The summed E-state index contributed by atoms with van der Waals surface area (Å²) in [5.41, 5.74) is 11.1. The van der Waals surface area contributed by atoms with E-state index < -0.39 is 27.9 Å². The number of sulfonamides is 1. The molecule has 1 aliphatic rings. The summed E-state index contributed by atoms with van der Waals surface area (Å²) in [6.07, 6.45) is 4.97. The molecule has 2 atom stereocenters. The van der Waals surface area contributed by atoms with E-state index in [9.17, 15) is 22.8 Å². The van der Waals surface area contributed by atoms with Gasteiger partial charge in [0.2, 0.25) is 15.9 Å². The molecule has 2 unspecified atom stereocenters. The molecule has 1 aliphatic heterocycles. The highest BCUT2D eigenvalue weighted by Gasteiger charge is 2.30. The van der Waals surface area contributed by atoms with Gasteiger partial charge in [0.1, 0.15) is 12.3 Å². The van der Waals surface area contributed by atoms with Crippen LogP contribution in [0.25, 0.3) is 0 Å². The van der Waals surface area contributed by atoms with Gasteiger partial charge in [0.15, 0.2) is 11.7 Å². The van der Waals surface area contributed by atoms with Crippen molar-refractivity contribution in [2.24, 2.45) is 22.4 Å². The highest BCUT2D eigenvalue weighted by molar-refractivity contribution is 7.88. The van der Waals surface area contributed by atoms with Gasteiger partial charge < -0.3 is 21.2 Å². The number of nitrogens with one attached hydrogen (secondary N) is 1. The molecule has 0 saturated carbocycles. The van der Waals surface area contributed by atoms with Crippen molar-refractivity contribution in [1.29, 1.82) is 0 Å². The highest BCUT2D eigenvalue weighted by atomic mass is 32.2. The molecule has 0 fully saturated rings. The SMILES string of the molecule is NC(N)=NCCCC(C=O)CC(=O)CN1C=CCC(NS(=O)(=O)Cc2ccccc2)C1=O. The van der Waals surface area contributed by atoms with Crippen molar-refractivity contribution in [1.82, 2.24) is 9.62 Å². The number of nitrogens with two attached hydrogens (primary N) is 2. The van der Waals surface area contributed by atoms with Crippen molar-refractivity contribution < 1.29 is 22.8 Å². The molecular weight excluding hydrogens is 434 g/mol. The van der Waals surface area contributed by atoms with Crippen molar-refractivity contribution in [3.8, 4) is 0 Å². The fraction of sp³-hybridized carbons (Fsp3) is 0.429. The zero-order valence-corrected chi connectivity index (χ0v) is 18.5. The maximum Gasteiger partial charge on any atom is 0.245 e. The van der Waals surface area contributed by atoms with Gasteiger partial charge in [0.25, 0.3) is 0 Å². The Kier molecular flexibility index (Phi) is 9.54. The summed E-state index contributed by atoms with van der Waals surface area (Å²) in [5, 5.41) is 0. The number of hydrogen-bond donors (Lipinski definition) is 3. The number of rotatable bonds is 13. The van der Waals surface area contributed by atoms with E-state index in [2.05, 4.69) is 9.71 Å². The summed E-state index contributed by atoms with van der Waals surface area (Å²) >= 11 is 0. The van der Waals surface area contributed by atoms with Gasteiger partial charge in [0, 0.05) is 25.1 Å².